The van der Waals surface area contributed by atoms with E-state index in [0.717, 1.165) is 18.3 Å². The largest absolute Gasteiger partial charge is 0.497 e. The lowest BCUT2D eigenvalue weighted by molar-refractivity contribution is -0.112. The summed E-state index contributed by atoms with van der Waals surface area (Å²) in [5, 5.41) is 13.9. The topological polar surface area (TPSA) is 83.4 Å². The van der Waals surface area contributed by atoms with Gasteiger partial charge in [0, 0.05) is 12.3 Å². The van der Waals surface area contributed by atoms with Crippen molar-refractivity contribution in [3.8, 4) is 17.6 Å². The van der Waals surface area contributed by atoms with Gasteiger partial charge < -0.3 is 20.1 Å². The lowest BCUT2D eigenvalue weighted by Crippen LogP contribution is -2.15. The molecule has 0 radical (unpaired) electrons. The van der Waals surface area contributed by atoms with Crippen LogP contribution in [0.3, 0.4) is 0 Å². The van der Waals surface area contributed by atoms with Crippen LogP contribution in [0.1, 0.15) is 0 Å². The van der Waals surface area contributed by atoms with E-state index in [1.165, 1.54) is 26.4 Å². The second-order valence-corrected chi connectivity index (χ2v) is 4.93. The van der Waals surface area contributed by atoms with E-state index in [9.17, 15) is 13.6 Å². The van der Waals surface area contributed by atoms with E-state index in [2.05, 4.69) is 10.6 Å². The molecule has 0 aliphatic carbocycles. The number of ether oxygens (including phenoxy) is 2. The Balaban J connectivity index is 2.23. The minimum atomic E-state index is -0.853. The number of para-hydroxylation sites is 1. The third kappa shape index (κ3) is 4.27. The normalized spacial score (nSPS) is 10.7. The van der Waals surface area contributed by atoms with Gasteiger partial charge in [-0.2, -0.15) is 5.26 Å². The molecular weight excluding hydrogens is 344 g/mol. The van der Waals surface area contributed by atoms with E-state index in [4.69, 9.17) is 14.7 Å². The maximum absolute atomic E-state index is 13.6. The second-order valence-electron chi connectivity index (χ2n) is 4.93. The smallest absolute Gasteiger partial charge is 0.267 e. The fourth-order valence-corrected chi connectivity index (χ4v) is 2.03. The van der Waals surface area contributed by atoms with Gasteiger partial charge in [0.1, 0.15) is 40.5 Å². The van der Waals surface area contributed by atoms with Crippen LogP contribution in [0.15, 0.2) is 48.2 Å². The molecule has 0 fully saturated rings. The van der Waals surface area contributed by atoms with Gasteiger partial charge in [-0.3, -0.25) is 4.79 Å². The standard InChI is InChI=1S/C18H15F2N3O3/c1-25-12-6-7-16(26-2)15(8-12)23-18(24)11(9-21)10-22-17-13(19)4-3-5-14(17)20/h3-8,10,22H,1-2H3,(H,23,24)/b11-10-. The maximum Gasteiger partial charge on any atom is 0.267 e. The molecule has 0 bridgehead atoms. The molecule has 2 rings (SSSR count). The summed E-state index contributed by atoms with van der Waals surface area (Å²) in [6, 6.07) is 9.69. The molecule has 2 aromatic rings. The summed E-state index contributed by atoms with van der Waals surface area (Å²) in [4.78, 5) is 12.3. The van der Waals surface area contributed by atoms with Gasteiger partial charge in [-0.25, -0.2) is 8.78 Å². The number of benzene rings is 2. The number of nitrogens with one attached hydrogen (secondary N) is 2. The Labute approximate surface area is 148 Å². The van der Waals surface area contributed by atoms with Crippen molar-refractivity contribution in [3.05, 3.63) is 59.8 Å². The molecule has 0 atom stereocenters. The summed E-state index contributed by atoms with van der Waals surface area (Å²) in [7, 11) is 2.88. The molecule has 8 heteroatoms. The highest BCUT2D eigenvalue weighted by molar-refractivity contribution is 6.07. The van der Waals surface area contributed by atoms with Crippen LogP contribution in [0.2, 0.25) is 0 Å². The maximum atomic E-state index is 13.6. The molecule has 0 spiro atoms. The van der Waals surface area contributed by atoms with Gasteiger partial charge in [-0.05, 0) is 24.3 Å². The van der Waals surface area contributed by atoms with Gasteiger partial charge in [-0.1, -0.05) is 6.07 Å². The number of hydrogen-bond acceptors (Lipinski definition) is 5. The summed E-state index contributed by atoms with van der Waals surface area (Å²) < 4.78 is 37.4. The number of nitriles is 1. The van der Waals surface area contributed by atoms with Crippen molar-refractivity contribution >= 4 is 17.3 Å². The van der Waals surface area contributed by atoms with Crippen molar-refractivity contribution in [3.63, 3.8) is 0 Å². The van der Waals surface area contributed by atoms with Crippen LogP contribution in [0.25, 0.3) is 0 Å². The molecule has 6 nitrogen and oxygen atoms in total. The van der Waals surface area contributed by atoms with E-state index in [0.29, 0.717) is 11.5 Å². The molecule has 0 unspecified atom stereocenters. The molecule has 2 aromatic carbocycles. The molecule has 0 heterocycles. The van der Waals surface area contributed by atoms with Crippen LogP contribution in [0.4, 0.5) is 20.2 Å². The Kier molecular flexibility index (Phi) is 6.11. The van der Waals surface area contributed by atoms with Gasteiger partial charge in [-0.15, -0.1) is 0 Å². The number of hydrogen-bond donors (Lipinski definition) is 2. The first-order valence-electron chi connectivity index (χ1n) is 7.34. The van der Waals surface area contributed by atoms with Crippen molar-refractivity contribution < 1.29 is 23.0 Å². The fraction of sp³-hybridized carbons (Fsp3) is 0.111. The van der Waals surface area contributed by atoms with E-state index in [-0.39, 0.29) is 5.69 Å². The number of rotatable bonds is 6. The van der Waals surface area contributed by atoms with Crippen molar-refractivity contribution in [2.45, 2.75) is 0 Å². The van der Waals surface area contributed by atoms with Crippen molar-refractivity contribution in [2.75, 3.05) is 24.9 Å². The van der Waals surface area contributed by atoms with Crippen LogP contribution in [-0.2, 0) is 4.79 Å². The zero-order valence-electron chi connectivity index (χ0n) is 14.0. The highest BCUT2D eigenvalue weighted by Gasteiger charge is 2.14. The Morgan fingerprint density at radius 1 is 1.15 bits per heavy atom. The molecule has 0 aromatic heterocycles. The molecule has 26 heavy (non-hydrogen) atoms. The van der Waals surface area contributed by atoms with Gasteiger partial charge in [0.25, 0.3) is 5.91 Å². The molecular formula is C18H15F2N3O3. The number of methoxy groups -OCH3 is 2. The third-order valence-electron chi connectivity index (χ3n) is 3.34. The van der Waals surface area contributed by atoms with E-state index in [1.807, 2.05) is 0 Å². The molecule has 0 aliphatic rings. The van der Waals surface area contributed by atoms with Gasteiger partial charge in [0.05, 0.1) is 19.9 Å². The lowest BCUT2D eigenvalue weighted by atomic mass is 10.2. The van der Waals surface area contributed by atoms with Crippen LogP contribution in [-0.4, -0.2) is 20.1 Å². The van der Waals surface area contributed by atoms with Gasteiger partial charge >= 0.3 is 0 Å². The van der Waals surface area contributed by atoms with Crippen LogP contribution < -0.4 is 20.1 Å². The number of nitrogens with zero attached hydrogens (tertiary/aromatic N) is 1. The molecule has 0 saturated heterocycles. The summed E-state index contributed by atoms with van der Waals surface area (Å²) in [6.45, 7) is 0. The van der Waals surface area contributed by atoms with E-state index < -0.39 is 28.8 Å². The first-order valence-corrected chi connectivity index (χ1v) is 7.34. The number of halogens is 2. The molecule has 1 amide bonds. The number of amides is 1. The Morgan fingerprint density at radius 2 is 1.85 bits per heavy atom. The monoisotopic (exact) mass is 359 g/mol. The Morgan fingerprint density at radius 3 is 2.42 bits per heavy atom. The highest BCUT2D eigenvalue weighted by atomic mass is 19.1. The molecule has 0 aliphatic heterocycles. The third-order valence-corrected chi connectivity index (χ3v) is 3.34. The molecule has 134 valence electrons. The average Bonchev–Trinajstić information content (AvgIpc) is 2.64. The van der Waals surface area contributed by atoms with Crippen LogP contribution >= 0.6 is 0 Å². The quantitative estimate of drug-likeness (QED) is 0.610. The van der Waals surface area contributed by atoms with Crippen molar-refractivity contribution in [1.29, 1.82) is 5.26 Å². The van der Waals surface area contributed by atoms with Crippen molar-refractivity contribution in [2.24, 2.45) is 0 Å². The summed E-state index contributed by atoms with van der Waals surface area (Å²) >= 11 is 0. The van der Waals surface area contributed by atoms with Crippen molar-refractivity contribution in [1.82, 2.24) is 0 Å². The minimum absolute atomic E-state index is 0.273. The lowest BCUT2D eigenvalue weighted by Gasteiger charge is -2.11. The fourth-order valence-electron chi connectivity index (χ4n) is 2.03. The summed E-state index contributed by atoms with van der Waals surface area (Å²) in [6.07, 6.45) is 0.920. The molecule has 2 N–H and O–H groups in total. The van der Waals surface area contributed by atoms with Gasteiger partial charge in [0.2, 0.25) is 0 Å². The number of carbonyl (C=O) groups excluding carboxylic acids is 1. The summed E-state index contributed by atoms with van der Waals surface area (Å²) in [5.74, 6) is -1.68. The zero-order valence-corrected chi connectivity index (χ0v) is 14.0. The molecule has 0 saturated carbocycles. The SMILES string of the molecule is COc1ccc(OC)c(NC(=O)/C(C#N)=C\Nc2c(F)cccc2F)c1. The number of anilines is 2. The second kappa shape index (κ2) is 8.48. The Hall–Kier alpha value is -3.60. The van der Waals surface area contributed by atoms with Gasteiger partial charge in [0.15, 0.2) is 0 Å². The summed E-state index contributed by atoms with van der Waals surface area (Å²) in [5.41, 5.74) is -0.584. The average molecular weight is 359 g/mol. The van der Waals surface area contributed by atoms with E-state index in [1.54, 1.807) is 18.2 Å². The predicted molar refractivity (Wildman–Crippen MR) is 91.9 cm³/mol. The first kappa shape index (κ1) is 18.7. The number of carbonyl (C=O) groups is 1. The minimum Gasteiger partial charge on any atom is -0.497 e. The Bertz CT molecular complexity index is 871. The van der Waals surface area contributed by atoms with Crippen LogP contribution in [0.5, 0.6) is 11.5 Å². The zero-order chi connectivity index (χ0) is 19.1. The highest BCUT2D eigenvalue weighted by Crippen LogP contribution is 2.29. The predicted octanol–water partition coefficient (Wildman–Crippen LogP) is 3.44. The van der Waals surface area contributed by atoms with Crippen LogP contribution in [0, 0.1) is 23.0 Å². The van der Waals surface area contributed by atoms with E-state index >= 15 is 0 Å². The first-order chi connectivity index (χ1) is 12.5.